The van der Waals surface area contributed by atoms with Crippen LogP contribution in [0.3, 0.4) is 0 Å². The first-order valence-corrected chi connectivity index (χ1v) is 5.96. The van der Waals surface area contributed by atoms with Gasteiger partial charge in [-0.05, 0) is 13.1 Å². The molecule has 1 aliphatic heterocycles. The van der Waals surface area contributed by atoms with E-state index in [1.54, 1.807) is 17.1 Å². The number of nitrogens with zero attached hydrogens (tertiary/aromatic N) is 5. The summed E-state index contributed by atoms with van der Waals surface area (Å²) in [6, 6.07) is -0.157. The molecular formula is C12H17N5O2. The van der Waals surface area contributed by atoms with Crippen LogP contribution in [0.25, 0.3) is 5.70 Å². The molecule has 19 heavy (non-hydrogen) atoms. The van der Waals surface area contributed by atoms with Gasteiger partial charge in [0, 0.05) is 13.1 Å². The predicted molar refractivity (Wildman–Crippen MR) is 69.6 cm³/mol. The molecular weight excluding hydrogens is 246 g/mol. The van der Waals surface area contributed by atoms with E-state index in [0.717, 1.165) is 12.2 Å². The topological polar surface area (TPSA) is 63.5 Å². The molecule has 2 rings (SSSR count). The number of rotatable bonds is 6. The standard InChI is InChI=1S/C12H17N5O2/c1-3-4-19-17(10-18)12-5-11(6-15(2)7-12)16-9-13-8-14-16/h3,5,8-10,12H,1,4,6-7H2,2H3. The van der Waals surface area contributed by atoms with Crippen molar-refractivity contribution in [3.63, 3.8) is 0 Å². The molecule has 1 aliphatic rings. The first-order valence-electron chi connectivity index (χ1n) is 5.96. The number of hydrogen-bond donors (Lipinski definition) is 0. The zero-order valence-electron chi connectivity index (χ0n) is 10.8. The molecule has 0 N–H and O–H groups in total. The quantitative estimate of drug-likeness (QED) is 0.411. The van der Waals surface area contributed by atoms with E-state index < -0.39 is 0 Å². The first-order chi connectivity index (χ1) is 9.24. The van der Waals surface area contributed by atoms with Crippen molar-refractivity contribution in [1.29, 1.82) is 0 Å². The zero-order valence-corrected chi connectivity index (χ0v) is 10.8. The Morgan fingerprint density at radius 3 is 3.16 bits per heavy atom. The van der Waals surface area contributed by atoms with Crippen LogP contribution in [0.15, 0.2) is 31.4 Å². The number of amides is 1. The number of carbonyl (C=O) groups is 1. The van der Waals surface area contributed by atoms with Crippen LogP contribution in [-0.2, 0) is 9.63 Å². The summed E-state index contributed by atoms with van der Waals surface area (Å²) < 4.78 is 1.69. The summed E-state index contributed by atoms with van der Waals surface area (Å²) in [6.45, 7) is 5.31. The highest BCUT2D eigenvalue weighted by molar-refractivity contribution is 5.52. The Hall–Kier alpha value is -1.99. The van der Waals surface area contributed by atoms with Crippen LogP contribution < -0.4 is 0 Å². The van der Waals surface area contributed by atoms with E-state index in [0.29, 0.717) is 19.6 Å². The van der Waals surface area contributed by atoms with Gasteiger partial charge in [0.1, 0.15) is 12.7 Å². The molecule has 7 heteroatoms. The Bertz CT molecular complexity index is 457. The molecule has 0 aromatic carbocycles. The summed E-state index contributed by atoms with van der Waals surface area (Å²) in [5.74, 6) is 0. The van der Waals surface area contributed by atoms with Gasteiger partial charge in [0.2, 0.25) is 6.41 Å². The second kappa shape index (κ2) is 6.26. The number of likely N-dealkylation sites (N-methyl/N-ethyl adjacent to an activating group) is 1. The Balaban J connectivity index is 2.17. The van der Waals surface area contributed by atoms with Crippen molar-refractivity contribution in [2.45, 2.75) is 6.04 Å². The van der Waals surface area contributed by atoms with E-state index in [-0.39, 0.29) is 6.04 Å². The van der Waals surface area contributed by atoms with Crippen LogP contribution in [0.2, 0.25) is 0 Å². The van der Waals surface area contributed by atoms with E-state index in [2.05, 4.69) is 21.6 Å². The molecule has 7 nitrogen and oxygen atoms in total. The van der Waals surface area contributed by atoms with Crippen LogP contribution in [0, 0.1) is 0 Å². The molecule has 1 aromatic heterocycles. The van der Waals surface area contributed by atoms with Crippen molar-refractivity contribution in [3.05, 3.63) is 31.4 Å². The average molecular weight is 263 g/mol. The van der Waals surface area contributed by atoms with Crippen molar-refractivity contribution in [1.82, 2.24) is 24.7 Å². The van der Waals surface area contributed by atoms with Gasteiger partial charge in [0.05, 0.1) is 18.3 Å². The fraction of sp³-hybridized carbons (Fsp3) is 0.417. The summed E-state index contributed by atoms with van der Waals surface area (Å²) in [5.41, 5.74) is 0.963. The smallest absolute Gasteiger partial charge is 0.233 e. The van der Waals surface area contributed by atoms with Gasteiger partial charge in [-0.2, -0.15) is 5.10 Å². The lowest BCUT2D eigenvalue weighted by Crippen LogP contribution is -2.45. The molecule has 0 fully saturated rings. The monoisotopic (exact) mass is 263 g/mol. The molecule has 102 valence electrons. The summed E-state index contributed by atoms with van der Waals surface area (Å²) >= 11 is 0. The Kier molecular flexibility index (Phi) is 4.43. The van der Waals surface area contributed by atoms with E-state index >= 15 is 0 Å². The fourth-order valence-electron chi connectivity index (χ4n) is 1.99. The van der Waals surface area contributed by atoms with Crippen LogP contribution in [0.1, 0.15) is 0 Å². The lowest BCUT2D eigenvalue weighted by molar-refractivity contribution is -0.177. The highest BCUT2D eigenvalue weighted by atomic mass is 16.7. The molecule has 1 amide bonds. The molecule has 0 radical (unpaired) electrons. The van der Waals surface area contributed by atoms with Crippen molar-refractivity contribution in [2.24, 2.45) is 0 Å². The molecule has 0 spiro atoms. The van der Waals surface area contributed by atoms with Crippen molar-refractivity contribution < 1.29 is 9.63 Å². The molecule has 0 bridgehead atoms. The molecule has 1 unspecified atom stereocenters. The maximum atomic E-state index is 11.1. The summed E-state index contributed by atoms with van der Waals surface area (Å²) in [6.07, 6.45) is 7.37. The van der Waals surface area contributed by atoms with Crippen LogP contribution in [0.5, 0.6) is 0 Å². The van der Waals surface area contributed by atoms with Crippen LogP contribution in [-0.4, -0.2) is 63.9 Å². The first kappa shape index (κ1) is 13.4. The highest BCUT2D eigenvalue weighted by Crippen LogP contribution is 2.16. The van der Waals surface area contributed by atoms with E-state index in [9.17, 15) is 4.79 Å². The zero-order chi connectivity index (χ0) is 13.7. The molecule has 1 aromatic rings. The van der Waals surface area contributed by atoms with Crippen molar-refractivity contribution >= 4 is 12.1 Å². The van der Waals surface area contributed by atoms with Gasteiger partial charge in [0.25, 0.3) is 0 Å². The van der Waals surface area contributed by atoms with Gasteiger partial charge >= 0.3 is 0 Å². The van der Waals surface area contributed by atoms with Gasteiger partial charge in [-0.25, -0.2) is 14.7 Å². The molecule has 0 saturated carbocycles. The van der Waals surface area contributed by atoms with Gasteiger partial charge in [-0.15, -0.1) is 6.58 Å². The number of aromatic nitrogens is 3. The Morgan fingerprint density at radius 2 is 2.53 bits per heavy atom. The fourth-order valence-corrected chi connectivity index (χ4v) is 1.99. The van der Waals surface area contributed by atoms with E-state index in [1.165, 1.54) is 11.4 Å². The summed E-state index contributed by atoms with van der Waals surface area (Å²) in [4.78, 5) is 22.4. The second-order valence-electron chi connectivity index (χ2n) is 4.31. The molecule has 2 heterocycles. The normalized spacial score (nSPS) is 19.8. The minimum Gasteiger partial charge on any atom is -0.298 e. The largest absolute Gasteiger partial charge is 0.298 e. The Morgan fingerprint density at radius 1 is 1.68 bits per heavy atom. The molecule has 1 atom stereocenters. The third kappa shape index (κ3) is 3.27. The minimum atomic E-state index is -0.157. The second-order valence-corrected chi connectivity index (χ2v) is 4.31. The van der Waals surface area contributed by atoms with E-state index in [4.69, 9.17) is 4.84 Å². The lowest BCUT2D eigenvalue weighted by Gasteiger charge is -2.33. The summed E-state index contributed by atoms with van der Waals surface area (Å²) in [7, 11) is 1.98. The van der Waals surface area contributed by atoms with Crippen LogP contribution >= 0.6 is 0 Å². The average Bonchev–Trinajstić information content (AvgIpc) is 2.93. The summed E-state index contributed by atoms with van der Waals surface area (Å²) in [5, 5.41) is 5.40. The maximum absolute atomic E-state index is 11.1. The third-order valence-corrected chi connectivity index (χ3v) is 2.80. The minimum absolute atomic E-state index is 0.157. The highest BCUT2D eigenvalue weighted by Gasteiger charge is 2.24. The van der Waals surface area contributed by atoms with Gasteiger partial charge < -0.3 is 0 Å². The van der Waals surface area contributed by atoms with Crippen molar-refractivity contribution in [2.75, 3.05) is 26.7 Å². The molecule has 0 aliphatic carbocycles. The van der Waals surface area contributed by atoms with Gasteiger partial charge in [-0.3, -0.25) is 14.5 Å². The number of hydrogen-bond acceptors (Lipinski definition) is 5. The third-order valence-electron chi connectivity index (χ3n) is 2.80. The van der Waals surface area contributed by atoms with Gasteiger partial charge in [0.15, 0.2) is 0 Å². The predicted octanol–water partition coefficient (Wildman–Crippen LogP) is 0.00900. The number of hydroxylamine groups is 2. The lowest BCUT2D eigenvalue weighted by atomic mass is 10.1. The van der Waals surface area contributed by atoms with Gasteiger partial charge in [-0.1, -0.05) is 6.08 Å². The molecule has 0 saturated heterocycles. The van der Waals surface area contributed by atoms with Crippen molar-refractivity contribution in [3.8, 4) is 0 Å². The maximum Gasteiger partial charge on any atom is 0.233 e. The Labute approximate surface area is 111 Å². The van der Waals surface area contributed by atoms with E-state index in [1.807, 2.05) is 13.1 Å². The van der Waals surface area contributed by atoms with Crippen LogP contribution in [0.4, 0.5) is 0 Å². The number of carbonyl (C=O) groups excluding carboxylic acids is 1. The SMILES string of the molecule is C=CCON(C=O)C1C=C(n2cncn2)CN(C)C1.